The second-order valence-corrected chi connectivity index (χ2v) is 5.19. The summed E-state index contributed by atoms with van der Waals surface area (Å²) >= 11 is 1.33. The third-order valence-corrected chi connectivity index (χ3v) is 3.53. The van der Waals surface area contributed by atoms with Crippen LogP contribution in [0.25, 0.3) is 0 Å². The molecule has 0 saturated carbocycles. The molecule has 110 valence electrons. The van der Waals surface area contributed by atoms with Crippen molar-refractivity contribution < 1.29 is 14.3 Å². The van der Waals surface area contributed by atoms with E-state index in [9.17, 15) is 9.59 Å². The lowest BCUT2D eigenvalue weighted by Gasteiger charge is -2.14. The SMILES string of the molecule is CCC(OC(=O)c1cccnc1)C(=O)Nc1nc(C)cs1. The summed E-state index contributed by atoms with van der Waals surface area (Å²) in [6, 6.07) is 3.22. The lowest BCUT2D eigenvalue weighted by atomic mass is 10.2. The number of anilines is 1. The van der Waals surface area contributed by atoms with Gasteiger partial charge in [-0.05, 0) is 25.5 Å². The van der Waals surface area contributed by atoms with Gasteiger partial charge in [0.1, 0.15) is 0 Å². The number of aryl methyl sites for hydroxylation is 1. The van der Waals surface area contributed by atoms with Crippen LogP contribution in [0, 0.1) is 6.92 Å². The number of rotatable bonds is 5. The number of hydrogen-bond acceptors (Lipinski definition) is 6. The number of hydrogen-bond donors (Lipinski definition) is 1. The van der Waals surface area contributed by atoms with E-state index >= 15 is 0 Å². The second kappa shape index (κ2) is 6.94. The number of ether oxygens (including phenoxy) is 1. The molecule has 2 heterocycles. The predicted octanol–water partition coefficient (Wildman–Crippen LogP) is 2.42. The Morgan fingerprint density at radius 1 is 1.48 bits per heavy atom. The summed E-state index contributed by atoms with van der Waals surface area (Å²) in [5, 5.41) is 4.97. The fourth-order valence-corrected chi connectivity index (χ4v) is 2.29. The van der Waals surface area contributed by atoms with Gasteiger partial charge in [-0.15, -0.1) is 11.3 Å². The van der Waals surface area contributed by atoms with Crippen LogP contribution < -0.4 is 5.32 Å². The normalized spacial score (nSPS) is 11.7. The predicted molar refractivity (Wildman–Crippen MR) is 79.2 cm³/mol. The first-order valence-corrected chi connectivity index (χ1v) is 7.32. The van der Waals surface area contributed by atoms with Crippen molar-refractivity contribution >= 4 is 28.3 Å². The van der Waals surface area contributed by atoms with Crippen molar-refractivity contribution in [2.75, 3.05) is 5.32 Å². The number of amides is 1. The molecule has 0 bridgehead atoms. The van der Waals surface area contributed by atoms with Crippen molar-refractivity contribution in [3.63, 3.8) is 0 Å². The van der Waals surface area contributed by atoms with Gasteiger partial charge in [-0.1, -0.05) is 6.92 Å². The maximum Gasteiger partial charge on any atom is 0.340 e. The molecule has 0 saturated heterocycles. The zero-order chi connectivity index (χ0) is 15.2. The summed E-state index contributed by atoms with van der Waals surface area (Å²) < 4.78 is 5.21. The molecule has 0 aliphatic carbocycles. The maximum atomic E-state index is 12.1. The van der Waals surface area contributed by atoms with Crippen LogP contribution in [0.3, 0.4) is 0 Å². The van der Waals surface area contributed by atoms with Crippen molar-refractivity contribution in [2.24, 2.45) is 0 Å². The maximum absolute atomic E-state index is 12.1. The standard InChI is InChI=1S/C14H15N3O3S/c1-3-11(12(18)17-14-16-9(2)8-21-14)20-13(19)10-5-4-6-15-7-10/h4-8,11H,3H2,1-2H3,(H,16,17,18). The molecule has 0 aliphatic heterocycles. The fourth-order valence-electron chi connectivity index (χ4n) is 1.60. The van der Waals surface area contributed by atoms with Crippen molar-refractivity contribution in [3.8, 4) is 0 Å². The van der Waals surface area contributed by atoms with Crippen molar-refractivity contribution in [2.45, 2.75) is 26.4 Å². The number of thiazole rings is 1. The van der Waals surface area contributed by atoms with Crippen molar-refractivity contribution in [1.82, 2.24) is 9.97 Å². The number of aromatic nitrogens is 2. The highest BCUT2D eigenvalue weighted by Crippen LogP contribution is 2.16. The number of carbonyl (C=O) groups excluding carboxylic acids is 2. The van der Waals surface area contributed by atoms with E-state index in [-0.39, 0.29) is 5.91 Å². The molecule has 0 aliphatic rings. The van der Waals surface area contributed by atoms with E-state index in [1.807, 2.05) is 12.3 Å². The molecule has 1 N–H and O–H groups in total. The smallest absolute Gasteiger partial charge is 0.340 e. The Bertz CT molecular complexity index is 627. The highest BCUT2D eigenvalue weighted by atomic mass is 32.1. The number of carbonyl (C=O) groups is 2. The van der Waals surface area contributed by atoms with Crippen LogP contribution >= 0.6 is 11.3 Å². The van der Waals surface area contributed by atoms with E-state index in [0.717, 1.165) is 5.69 Å². The summed E-state index contributed by atoms with van der Waals surface area (Å²) in [6.07, 6.45) is 2.48. The molecule has 6 nitrogen and oxygen atoms in total. The zero-order valence-corrected chi connectivity index (χ0v) is 12.5. The number of esters is 1. The molecule has 1 atom stereocenters. The highest BCUT2D eigenvalue weighted by molar-refractivity contribution is 7.13. The van der Waals surface area contributed by atoms with Gasteiger partial charge in [-0.2, -0.15) is 0 Å². The van der Waals surface area contributed by atoms with Crippen LogP contribution in [0.4, 0.5) is 5.13 Å². The van der Waals surface area contributed by atoms with Gasteiger partial charge >= 0.3 is 5.97 Å². The molecular weight excluding hydrogens is 290 g/mol. The molecule has 0 fully saturated rings. The third kappa shape index (κ3) is 4.09. The minimum absolute atomic E-state index is 0.314. The number of pyridine rings is 1. The Morgan fingerprint density at radius 3 is 2.86 bits per heavy atom. The van der Waals surface area contributed by atoms with E-state index < -0.39 is 12.1 Å². The van der Waals surface area contributed by atoms with E-state index in [2.05, 4.69) is 15.3 Å². The molecule has 0 spiro atoms. The molecule has 2 rings (SSSR count). The van der Waals surface area contributed by atoms with Gasteiger partial charge in [0.25, 0.3) is 5.91 Å². The van der Waals surface area contributed by atoms with Crippen LogP contribution in [0.15, 0.2) is 29.9 Å². The highest BCUT2D eigenvalue weighted by Gasteiger charge is 2.22. The Morgan fingerprint density at radius 2 is 2.29 bits per heavy atom. The van der Waals surface area contributed by atoms with Gasteiger partial charge in [-0.3, -0.25) is 15.1 Å². The molecule has 1 unspecified atom stereocenters. The topological polar surface area (TPSA) is 81.2 Å². The second-order valence-electron chi connectivity index (χ2n) is 4.33. The average molecular weight is 305 g/mol. The number of nitrogens with zero attached hydrogens (tertiary/aromatic N) is 2. The lowest BCUT2D eigenvalue weighted by molar-refractivity contribution is -0.124. The number of nitrogens with one attached hydrogen (secondary N) is 1. The van der Waals surface area contributed by atoms with Crippen LogP contribution in [0.5, 0.6) is 0 Å². The van der Waals surface area contributed by atoms with Gasteiger partial charge < -0.3 is 4.74 Å². The zero-order valence-electron chi connectivity index (χ0n) is 11.7. The summed E-state index contributed by atoms with van der Waals surface area (Å²) in [5.74, 6) is -0.954. The Kier molecular flexibility index (Phi) is 4.99. The Hall–Kier alpha value is -2.28. The Labute approximate surface area is 126 Å². The third-order valence-electron chi connectivity index (χ3n) is 2.66. The first kappa shape index (κ1) is 15.1. The minimum atomic E-state index is -0.859. The quantitative estimate of drug-likeness (QED) is 0.858. The molecule has 7 heteroatoms. The van der Waals surface area contributed by atoms with Gasteiger partial charge in [0.2, 0.25) is 0 Å². The van der Waals surface area contributed by atoms with E-state index in [4.69, 9.17) is 4.74 Å². The van der Waals surface area contributed by atoms with E-state index in [1.165, 1.54) is 17.5 Å². The molecule has 21 heavy (non-hydrogen) atoms. The van der Waals surface area contributed by atoms with E-state index in [1.54, 1.807) is 25.3 Å². The first-order valence-electron chi connectivity index (χ1n) is 6.44. The van der Waals surface area contributed by atoms with Gasteiger partial charge in [0.05, 0.1) is 11.3 Å². The summed E-state index contributed by atoms with van der Waals surface area (Å²) in [5.41, 5.74) is 1.14. The lowest BCUT2D eigenvalue weighted by Crippen LogP contribution is -2.32. The summed E-state index contributed by atoms with van der Waals surface area (Å²) in [7, 11) is 0. The van der Waals surface area contributed by atoms with Crippen LogP contribution in [0.2, 0.25) is 0 Å². The van der Waals surface area contributed by atoms with Crippen molar-refractivity contribution in [3.05, 3.63) is 41.2 Å². The molecular formula is C14H15N3O3S. The average Bonchev–Trinajstić information content (AvgIpc) is 2.90. The van der Waals surface area contributed by atoms with Crippen LogP contribution in [-0.4, -0.2) is 27.9 Å². The molecule has 0 aromatic carbocycles. The molecule has 1 amide bonds. The largest absolute Gasteiger partial charge is 0.449 e. The monoisotopic (exact) mass is 305 g/mol. The van der Waals surface area contributed by atoms with Crippen LogP contribution in [-0.2, 0) is 9.53 Å². The van der Waals surface area contributed by atoms with Crippen molar-refractivity contribution in [1.29, 1.82) is 0 Å². The Balaban J connectivity index is 1.99. The van der Waals surface area contributed by atoms with E-state index in [0.29, 0.717) is 17.1 Å². The van der Waals surface area contributed by atoms with Crippen LogP contribution in [0.1, 0.15) is 29.4 Å². The minimum Gasteiger partial charge on any atom is -0.449 e. The summed E-state index contributed by atoms with van der Waals surface area (Å²) in [6.45, 7) is 3.61. The molecule has 0 radical (unpaired) electrons. The first-order chi connectivity index (χ1) is 10.1. The fraction of sp³-hybridized carbons (Fsp3) is 0.286. The molecule has 2 aromatic heterocycles. The van der Waals surface area contributed by atoms with Gasteiger partial charge in [0, 0.05) is 17.8 Å². The molecule has 2 aromatic rings. The van der Waals surface area contributed by atoms with Gasteiger partial charge in [-0.25, -0.2) is 9.78 Å². The van der Waals surface area contributed by atoms with Gasteiger partial charge in [0.15, 0.2) is 11.2 Å². The summed E-state index contributed by atoms with van der Waals surface area (Å²) in [4.78, 5) is 32.0.